The van der Waals surface area contributed by atoms with Crippen LogP contribution in [-0.2, 0) is 4.74 Å². The smallest absolute Gasteiger partial charge is 0.126 e. The molecule has 2 N–H and O–H groups in total. The summed E-state index contributed by atoms with van der Waals surface area (Å²) in [4.78, 5) is 4.67. The fourth-order valence-electron chi connectivity index (χ4n) is 2.09. The van der Waals surface area contributed by atoms with Crippen molar-refractivity contribution < 1.29 is 4.74 Å². The van der Waals surface area contributed by atoms with Crippen LogP contribution in [0.1, 0.15) is 32.1 Å². The number of aliphatic imine (C=N–C) groups is 1. The first kappa shape index (κ1) is 8.48. The van der Waals surface area contributed by atoms with Crippen molar-refractivity contribution in [3.05, 3.63) is 12.0 Å². The topological polar surface area (TPSA) is 47.6 Å². The third kappa shape index (κ3) is 1.27. The van der Waals surface area contributed by atoms with Crippen molar-refractivity contribution in [2.75, 3.05) is 6.61 Å². The number of hydrogen-bond acceptors (Lipinski definition) is 3. The molecule has 1 heterocycles. The van der Waals surface area contributed by atoms with Crippen LogP contribution in [0.5, 0.6) is 0 Å². The SMILES string of the molecule is NC1(C2=COCC(C3CC3)=N2)CCC1. The van der Waals surface area contributed by atoms with Gasteiger partial charge in [-0.05, 0) is 32.1 Å². The van der Waals surface area contributed by atoms with E-state index in [2.05, 4.69) is 4.99 Å². The molecule has 3 rings (SSSR count). The molecule has 0 aromatic heterocycles. The normalized spacial score (nSPS) is 29.8. The molecule has 0 atom stereocenters. The van der Waals surface area contributed by atoms with Gasteiger partial charge in [-0.2, -0.15) is 0 Å². The average molecular weight is 192 g/mol. The molecule has 0 radical (unpaired) electrons. The van der Waals surface area contributed by atoms with Gasteiger partial charge in [0, 0.05) is 5.92 Å². The Balaban J connectivity index is 1.82. The minimum absolute atomic E-state index is 0.166. The van der Waals surface area contributed by atoms with Crippen LogP contribution in [-0.4, -0.2) is 17.9 Å². The van der Waals surface area contributed by atoms with Gasteiger partial charge < -0.3 is 10.5 Å². The maximum Gasteiger partial charge on any atom is 0.126 e. The zero-order valence-corrected chi connectivity index (χ0v) is 8.33. The van der Waals surface area contributed by atoms with E-state index in [1.807, 2.05) is 0 Å². The van der Waals surface area contributed by atoms with E-state index in [4.69, 9.17) is 10.5 Å². The fraction of sp³-hybridized carbons (Fsp3) is 0.727. The molecule has 3 aliphatic rings. The van der Waals surface area contributed by atoms with E-state index in [9.17, 15) is 0 Å². The molecular weight excluding hydrogens is 176 g/mol. The molecule has 2 aliphatic carbocycles. The first-order chi connectivity index (χ1) is 6.78. The number of ether oxygens (including phenoxy) is 1. The Bertz CT molecular complexity index is 311. The van der Waals surface area contributed by atoms with Crippen LogP contribution in [0.2, 0.25) is 0 Å². The van der Waals surface area contributed by atoms with Crippen molar-refractivity contribution in [2.24, 2.45) is 16.6 Å². The van der Waals surface area contributed by atoms with E-state index in [0.717, 1.165) is 18.5 Å². The zero-order valence-electron chi connectivity index (χ0n) is 8.33. The van der Waals surface area contributed by atoms with E-state index < -0.39 is 0 Å². The van der Waals surface area contributed by atoms with E-state index in [1.54, 1.807) is 6.26 Å². The summed E-state index contributed by atoms with van der Waals surface area (Å²) in [6, 6.07) is 0. The average Bonchev–Trinajstić information content (AvgIpc) is 2.98. The molecule has 3 heteroatoms. The largest absolute Gasteiger partial charge is 0.493 e. The summed E-state index contributed by atoms with van der Waals surface area (Å²) in [6.07, 6.45) is 7.68. The van der Waals surface area contributed by atoms with Gasteiger partial charge in [0.15, 0.2) is 0 Å². The lowest BCUT2D eigenvalue weighted by Crippen LogP contribution is -2.48. The standard InChI is InChI=1S/C11H16N2O/c12-11(4-1-5-11)10-7-14-6-9(13-10)8-2-3-8/h7-8H,1-6,12H2. The van der Waals surface area contributed by atoms with Crippen molar-refractivity contribution in [1.29, 1.82) is 0 Å². The lowest BCUT2D eigenvalue weighted by Gasteiger charge is -2.39. The lowest BCUT2D eigenvalue weighted by atomic mass is 9.75. The Labute approximate surface area is 84.0 Å². The van der Waals surface area contributed by atoms with Crippen LogP contribution < -0.4 is 5.73 Å². The zero-order chi connectivity index (χ0) is 9.60. The Morgan fingerprint density at radius 2 is 2.21 bits per heavy atom. The van der Waals surface area contributed by atoms with Gasteiger partial charge in [0.25, 0.3) is 0 Å². The molecule has 0 amide bonds. The van der Waals surface area contributed by atoms with E-state index >= 15 is 0 Å². The Hall–Kier alpha value is -0.830. The second kappa shape index (κ2) is 2.83. The Morgan fingerprint density at radius 1 is 1.43 bits per heavy atom. The van der Waals surface area contributed by atoms with Crippen molar-refractivity contribution in [2.45, 2.75) is 37.6 Å². The molecule has 0 aromatic rings. The summed E-state index contributed by atoms with van der Waals surface area (Å²) >= 11 is 0. The van der Waals surface area contributed by atoms with E-state index in [0.29, 0.717) is 12.5 Å². The molecule has 2 fully saturated rings. The second-order valence-electron chi connectivity index (χ2n) is 4.70. The Morgan fingerprint density at radius 3 is 2.79 bits per heavy atom. The van der Waals surface area contributed by atoms with Crippen molar-refractivity contribution in [3.63, 3.8) is 0 Å². The highest BCUT2D eigenvalue weighted by Gasteiger charge is 2.39. The van der Waals surface area contributed by atoms with Gasteiger partial charge in [-0.3, -0.25) is 4.99 Å². The molecule has 0 bridgehead atoms. The number of nitrogens with zero attached hydrogens (tertiary/aromatic N) is 1. The summed E-state index contributed by atoms with van der Waals surface area (Å²) in [6.45, 7) is 0.685. The van der Waals surface area contributed by atoms with Crippen molar-refractivity contribution >= 4 is 5.71 Å². The summed E-state index contributed by atoms with van der Waals surface area (Å²) in [5.41, 5.74) is 8.24. The third-order valence-electron chi connectivity index (χ3n) is 3.49. The molecule has 0 spiro atoms. The van der Waals surface area contributed by atoms with Crippen LogP contribution in [0.4, 0.5) is 0 Å². The van der Waals surface area contributed by atoms with Gasteiger partial charge in [-0.15, -0.1) is 0 Å². The van der Waals surface area contributed by atoms with Crippen molar-refractivity contribution in [1.82, 2.24) is 0 Å². The van der Waals surface area contributed by atoms with E-state index in [-0.39, 0.29) is 5.54 Å². The minimum Gasteiger partial charge on any atom is -0.493 e. The summed E-state index contributed by atoms with van der Waals surface area (Å²) in [7, 11) is 0. The highest BCUT2D eigenvalue weighted by molar-refractivity contribution is 5.91. The maximum absolute atomic E-state index is 6.20. The molecule has 0 unspecified atom stereocenters. The molecule has 14 heavy (non-hydrogen) atoms. The number of hydrogen-bond donors (Lipinski definition) is 1. The molecule has 3 nitrogen and oxygen atoms in total. The predicted octanol–water partition coefficient (Wildman–Crippen LogP) is 1.59. The van der Waals surface area contributed by atoms with Gasteiger partial charge in [0.2, 0.25) is 0 Å². The summed E-state index contributed by atoms with van der Waals surface area (Å²) in [5, 5.41) is 0. The first-order valence-corrected chi connectivity index (χ1v) is 5.46. The van der Waals surface area contributed by atoms with Crippen LogP contribution in [0, 0.1) is 5.92 Å². The molecule has 0 saturated heterocycles. The summed E-state index contributed by atoms with van der Waals surface area (Å²) < 4.78 is 5.45. The van der Waals surface area contributed by atoms with Crippen LogP contribution in [0.25, 0.3) is 0 Å². The monoisotopic (exact) mass is 192 g/mol. The first-order valence-electron chi connectivity index (χ1n) is 5.46. The minimum atomic E-state index is -0.166. The van der Waals surface area contributed by atoms with Crippen LogP contribution in [0.3, 0.4) is 0 Å². The van der Waals surface area contributed by atoms with Gasteiger partial charge in [0.05, 0.1) is 16.9 Å². The Kier molecular flexibility index (Phi) is 1.71. The lowest BCUT2D eigenvalue weighted by molar-refractivity contribution is 0.248. The van der Waals surface area contributed by atoms with Gasteiger partial charge >= 0.3 is 0 Å². The van der Waals surface area contributed by atoms with Gasteiger partial charge in [0.1, 0.15) is 12.9 Å². The quantitative estimate of drug-likeness (QED) is 0.722. The van der Waals surface area contributed by atoms with Crippen molar-refractivity contribution in [3.8, 4) is 0 Å². The van der Waals surface area contributed by atoms with Crippen LogP contribution >= 0.6 is 0 Å². The van der Waals surface area contributed by atoms with Gasteiger partial charge in [-0.25, -0.2) is 0 Å². The molecular formula is C11H16N2O. The van der Waals surface area contributed by atoms with Crippen LogP contribution in [0.15, 0.2) is 17.0 Å². The summed E-state index contributed by atoms with van der Waals surface area (Å²) in [5.74, 6) is 0.697. The molecule has 0 aromatic carbocycles. The van der Waals surface area contributed by atoms with Gasteiger partial charge in [-0.1, -0.05) is 0 Å². The highest BCUT2D eigenvalue weighted by Crippen LogP contribution is 2.39. The predicted molar refractivity (Wildman–Crippen MR) is 55.0 cm³/mol. The maximum atomic E-state index is 6.20. The molecule has 2 saturated carbocycles. The second-order valence-corrected chi connectivity index (χ2v) is 4.70. The molecule has 1 aliphatic heterocycles. The third-order valence-corrected chi connectivity index (χ3v) is 3.49. The number of rotatable bonds is 2. The van der Waals surface area contributed by atoms with E-state index in [1.165, 1.54) is 25.0 Å². The molecule has 76 valence electrons. The highest BCUT2D eigenvalue weighted by atomic mass is 16.5. The fourth-order valence-corrected chi connectivity index (χ4v) is 2.09. The number of nitrogens with two attached hydrogens (primary N) is 1.